The van der Waals surface area contributed by atoms with Crippen LogP contribution in [0.15, 0.2) is 0 Å². The highest BCUT2D eigenvalue weighted by atomic mass is 16.2. The van der Waals surface area contributed by atoms with Gasteiger partial charge in [0.25, 0.3) is 0 Å². The van der Waals surface area contributed by atoms with Gasteiger partial charge in [-0.2, -0.15) is 0 Å². The van der Waals surface area contributed by atoms with Crippen LogP contribution in [0.3, 0.4) is 0 Å². The van der Waals surface area contributed by atoms with Crippen LogP contribution in [0.4, 0.5) is 4.79 Å². The Labute approximate surface area is 108 Å². The summed E-state index contributed by atoms with van der Waals surface area (Å²) in [5.41, 5.74) is 0. The number of hydrogen-bond acceptors (Lipinski definition) is 3. The van der Waals surface area contributed by atoms with Crippen LogP contribution in [0.5, 0.6) is 0 Å². The Bertz CT molecular complexity index is 326. The Morgan fingerprint density at radius 2 is 1.94 bits per heavy atom. The van der Waals surface area contributed by atoms with E-state index >= 15 is 0 Å². The van der Waals surface area contributed by atoms with Crippen molar-refractivity contribution in [3.05, 3.63) is 0 Å². The normalized spacial score (nSPS) is 25.7. The van der Waals surface area contributed by atoms with E-state index in [0.717, 1.165) is 45.7 Å². The SMILES string of the molecule is CCN1CCN(C(=O)NC2CCN(C)C2=O)CC1. The quantitative estimate of drug-likeness (QED) is 0.727. The molecule has 0 aliphatic carbocycles. The van der Waals surface area contributed by atoms with Gasteiger partial charge in [0.2, 0.25) is 5.91 Å². The van der Waals surface area contributed by atoms with Crippen LogP contribution in [-0.4, -0.2) is 79.0 Å². The van der Waals surface area contributed by atoms with Gasteiger partial charge in [-0.25, -0.2) is 4.79 Å². The lowest BCUT2D eigenvalue weighted by Crippen LogP contribution is -2.54. The first-order valence-electron chi connectivity index (χ1n) is 6.64. The van der Waals surface area contributed by atoms with Gasteiger partial charge in [-0.3, -0.25) is 4.79 Å². The van der Waals surface area contributed by atoms with Crippen molar-refractivity contribution in [2.24, 2.45) is 0 Å². The summed E-state index contributed by atoms with van der Waals surface area (Å²) in [7, 11) is 1.77. The minimum absolute atomic E-state index is 0.0237. The van der Waals surface area contributed by atoms with E-state index in [4.69, 9.17) is 0 Å². The first-order chi connectivity index (χ1) is 8.61. The van der Waals surface area contributed by atoms with Crippen molar-refractivity contribution < 1.29 is 9.59 Å². The number of rotatable bonds is 2. The average Bonchev–Trinajstić information content (AvgIpc) is 2.71. The van der Waals surface area contributed by atoms with E-state index in [0.29, 0.717) is 0 Å². The number of likely N-dealkylation sites (tertiary alicyclic amines) is 1. The zero-order chi connectivity index (χ0) is 13.1. The molecule has 1 unspecified atom stereocenters. The Hall–Kier alpha value is -1.30. The molecule has 2 rings (SSSR count). The van der Waals surface area contributed by atoms with Crippen LogP contribution in [0.2, 0.25) is 0 Å². The summed E-state index contributed by atoms with van der Waals surface area (Å²) in [5, 5.41) is 2.84. The van der Waals surface area contributed by atoms with Crippen LogP contribution >= 0.6 is 0 Å². The van der Waals surface area contributed by atoms with E-state index < -0.39 is 0 Å². The third kappa shape index (κ3) is 2.75. The fourth-order valence-electron chi connectivity index (χ4n) is 2.46. The van der Waals surface area contributed by atoms with Gasteiger partial charge in [0, 0.05) is 39.8 Å². The predicted molar refractivity (Wildman–Crippen MR) is 68.3 cm³/mol. The van der Waals surface area contributed by atoms with Crippen molar-refractivity contribution in [1.29, 1.82) is 0 Å². The van der Waals surface area contributed by atoms with Gasteiger partial charge >= 0.3 is 6.03 Å². The molecule has 0 spiro atoms. The molecule has 102 valence electrons. The van der Waals surface area contributed by atoms with E-state index in [2.05, 4.69) is 17.1 Å². The molecule has 0 aromatic carbocycles. The van der Waals surface area contributed by atoms with Crippen molar-refractivity contribution in [2.45, 2.75) is 19.4 Å². The van der Waals surface area contributed by atoms with Gasteiger partial charge in [0.15, 0.2) is 0 Å². The molecule has 2 heterocycles. The number of urea groups is 1. The molecular weight excluding hydrogens is 232 g/mol. The second kappa shape index (κ2) is 5.56. The van der Waals surface area contributed by atoms with Gasteiger partial charge < -0.3 is 20.0 Å². The molecule has 0 bridgehead atoms. The first kappa shape index (κ1) is 13.1. The molecule has 18 heavy (non-hydrogen) atoms. The number of nitrogens with one attached hydrogen (secondary N) is 1. The zero-order valence-electron chi connectivity index (χ0n) is 11.2. The fourth-order valence-corrected chi connectivity index (χ4v) is 2.46. The number of hydrogen-bond donors (Lipinski definition) is 1. The van der Waals surface area contributed by atoms with E-state index in [1.54, 1.807) is 16.8 Å². The maximum atomic E-state index is 12.0. The number of carbonyl (C=O) groups is 2. The van der Waals surface area contributed by atoms with Crippen LogP contribution in [-0.2, 0) is 4.79 Å². The summed E-state index contributed by atoms with van der Waals surface area (Å²) in [6.07, 6.45) is 0.718. The maximum absolute atomic E-state index is 12.0. The molecule has 0 aromatic rings. The molecular formula is C12H22N4O2. The van der Waals surface area contributed by atoms with Crippen molar-refractivity contribution in [2.75, 3.05) is 46.3 Å². The zero-order valence-corrected chi connectivity index (χ0v) is 11.2. The third-order valence-electron chi connectivity index (χ3n) is 3.83. The smallest absolute Gasteiger partial charge is 0.318 e. The Balaban J connectivity index is 1.80. The number of carbonyl (C=O) groups excluding carboxylic acids is 2. The molecule has 6 heteroatoms. The van der Waals surface area contributed by atoms with Gasteiger partial charge in [-0.05, 0) is 13.0 Å². The van der Waals surface area contributed by atoms with Crippen molar-refractivity contribution in [3.8, 4) is 0 Å². The first-order valence-corrected chi connectivity index (χ1v) is 6.64. The second-order valence-corrected chi connectivity index (χ2v) is 4.97. The molecule has 2 aliphatic rings. The Kier molecular flexibility index (Phi) is 4.06. The van der Waals surface area contributed by atoms with E-state index in [1.165, 1.54) is 0 Å². The lowest BCUT2D eigenvalue weighted by Gasteiger charge is -2.34. The summed E-state index contributed by atoms with van der Waals surface area (Å²) >= 11 is 0. The lowest BCUT2D eigenvalue weighted by molar-refractivity contribution is -0.128. The Morgan fingerprint density at radius 1 is 1.28 bits per heavy atom. The molecule has 0 saturated carbocycles. The molecule has 1 atom stereocenters. The van der Waals surface area contributed by atoms with Crippen LogP contribution < -0.4 is 5.32 Å². The molecule has 0 radical (unpaired) electrons. The molecule has 0 aromatic heterocycles. The van der Waals surface area contributed by atoms with Gasteiger partial charge in [-0.1, -0.05) is 6.92 Å². The number of amides is 3. The topological polar surface area (TPSA) is 55.9 Å². The third-order valence-corrected chi connectivity index (χ3v) is 3.83. The monoisotopic (exact) mass is 254 g/mol. The minimum Gasteiger partial charge on any atom is -0.344 e. The van der Waals surface area contributed by atoms with E-state index in [-0.39, 0.29) is 18.0 Å². The van der Waals surface area contributed by atoms with Crippen LogP contribution in [0.25, 0.3) is 0 Å². The van der Waals surface area contributed by atoms with E-state index in [1.807, 2.05) is 0 Å². The van der Waals surface area contributed by atoms with Crippen molar-refractivity contribution in [1.82, 2.24) is 20.0 Å². The molecule has 6 nitrogen and oxygen atoms in total. The lowest BCUT2D eigenvalue weighted by atomic mass is 10.2. The van der Waals surface area contributed by atoms with Gasteiger partial charge in [0.1, 0.15) is 6.04 Å². The second-order valence-electron chi connectivity index (χ2n) is 4.97. The summed E-state index contributed by atoms with van der Waals surface area (Å²) in [6, 6.07) is -0.425. The highest BCUT2D eigenvalue weighted by molar-refractivity contribution is 5.88. The maximum Gasteiger partial charge on any atom is 0.318 e. The van der Waals surface area contributed by atoms with Crippen molar-refractivity contribution >= 4 is 11.9 Å². The van der Waals surface area contributed by atoms with Gasteiger partial charge in [0.05, 0.1) is 0 Å². The summed E-state index contributed by atoms with van der Waals surface area (Å²) in [4.78, 5) is 29.5. The van der Waals surface area contributed by atoms with Crippen LogP contribution in [0, 0.1) is 0 Å². The Morgan fingerprint density at radius 3 is 2.44 bits per heavy atom. The minimum atomic E-state index is -0.327. The fraction of sp³-hybridized carbons (Fsp3) is 0.833. The largest absolute Gasteiger partial charge is 0.344 e. The molecule has 3 amide bonds. The number of likely N-dealkylation sites (N-methyl/N-ethyl adjacent to an activating group) is 2. The highest BCUT2D eigenvalue weighted by Crippen LogP contribution is 2.09. The summed E-state index contributed by atoms with van der Waals surface area (Å²) in [6.45, 7) is 7.22. The molecule has 2 aliphatic heterocycles. The molecule has 1 N–H and O–H groups in total. The van der Waals surface area contributed by atoms with Crippen molar-refractivity contribution in [3.63, 3.8) is 0 Å². The van der Waals surface area contributed by atoms with Crippen LogP contribution in [0.1, 0.15) is 13.3 Å². The predicted octanol–water partition coefficient (Wildman–Crippen LogP) is -0.436. The standard InChI is InChI=1S/C12H22N4O2/c1-3-15-6-8-16(9-7-15)12(18)13-10-4-5-14(2)11(10)17/h10H,3-9H2,1-2H3,(H,13,18). The average molecular weight is 254 g/mol. The molecule has 2 saturated heterocycles. The van der Waals surface area contributed by atoms with E-state index in [9.17, 15) is 9.59 Å². The van der Waals surface area contributed by atoms with Gasteiger partial charge in [-0.15, -0.1) is 0 Å². The summed E-state index contributed by atoms with van der Waals surface area (Å²) < 4.78 is 0. The summed E-state index contributed by atoms with van der Waals surface area (Å²) in [5.74, 6) is 0.0237. The highest BCUT2D eigenvalue weighted by Gasteiger charge is 2.31. The number of piperazine rings is 1. The number of nitrogens with zero attached hydrogens (tertiary/aromatic N) is 3. The molecule has 2 fully saturated rings.